The van der Waals surface area contributed by atoms with Gasteiger partial charge in [0.2, 0.25) is 11.6 Å². The lowest BCUT2D eigenvalue weighted by atomic mass is 10.2. The number of amides is 1. The van der Waals surface area contributed by atoms with Crippen LogP contribution in [-0.2, 0) is 0 Å². The van der Waals surface area contributed by atoms with Gasteiger partial charge in [0.05, 0.1) is 12.8 Å². The fourth-order valence-corrected chi connectivity index (χ4v) is 2.25. The Morgan fingerprint density at radius 3 is 2.87 bits per heavy atom. The molecule has 0 aliphatic carbocycles. The first-order valence-electron chi connectivity index (χ1n) is 6.68. The molecule has 1 aromatic carbocycles. The van der Waals surface area contributed by atoms with Crippen molar-refractivity contribution in [3.8, 4) is 5.75 Å². The van der Waals surface area contributed by atoms with Crippen LogP contribution in [0.3, 0.4) is 0 Å². The van der Waals surface area contributed by atoms with Crippen LogP contribution in [0.25, 0.3) is 5.65 Å². The van der Waals surface area contributed by atoms with E-state index in [0.717, 1.165) is 5.69 Å². The predicted molar refractivity (Wildman–Crippen MR) is 83.5 cm³/mol. The van der Waals surface area contributed by atoms with Crippen LogP contribution in [0.2, 0.25) is 0 Å². The zero-order valence-corrected chi connectivity index (χ0v) is 12.5. The third-order valence-electron chi connectivity index (χ3n) is 3.29. The number of nitrogens with zero attached hydrogens (tertiary/aromatic N) is 5. The van der Waals surface area contributed by atoms with Crippen LogP contribution in [0.15, 0.2) is 36.7 Å². The van der Waals surface area contributed by atoms with Crippen molar-refractivity contribution in [2.75, 3.05) is 24.4 Å². The standard InChI is InChI=1S/C14H14N6O3/c1-19(9-5-3-4-6-10(9)23-2)11-12-17-18-13(16-14(21)22)20(12)8-7-15-11/h3-8H,1-2H3,(H,16,18)(H,21,22). The van der Waals surface area contributed by atoms with Crippen molar-refractivity contribution in [3.05, 3.63) is 36.7 Å². The first-order chi connectivity index (χ1) is 11.1. The van der Waals surface area contributed by atoms with Gasteiger partial charge in [-0.25, -0.2) is 9.78 Å². The molecule has 0 aliphatic rings. The van der Waals surface area contributed by atoms with Gasteiger partial charge in [-0.05, 0) is 12.1 Å². The van der Waals surface area contributed by atoms with E-state index in [-0.39, 0.29) is 5.95 Å². The number of hydrogen-bond acceptors (Lipinski definition) is 6. The fourth-order valence-electron chi connectivity index (χ4n) is 2.25. The van der Waals surface area contributed by atoms with E-state index in [0.29, 0.717) is 17.2 Å². The summed E-state index contributed by atoms with van der Waals surface area (Å²) < 4.78 is 6.87. The molecule has 0 aliphatic heterocycles. The molecule has 0 spiro atoms. The molecular weight excluding hydrogens is 300 g/mol. The lowest BCUT2D eigenvalue weighted by molar-refractivity contribution is 0.209. The van der Waals surface area contributed by atoms with Crippen molar-refractivity contribution in [3.63, 3.8) is 0 Å². The molecular formula is C14H14N6O3. The normalized spacial score (nSPS) is 10.5. The molecule has 0 fully saturated rings. The number of carbonyl (C=O) groups is 1. The van der Waals surface area contributed by atoms with Crippen LogP contribution in [-0.4, -0.2) is 44.9 Å². The maximum atomic E-state index is 10.8. The van der Waals surface area contributed by atoms with Gasteiger partial charge in [0.15, 0.2) is 5.82 Å². The Morgan fingerprint density at radius 2 is 2.13 bits per heavy atom. The summed E-state index contributed by atoms with van der Waals surface area (Å²) in [6, 6.07) is 7.48. The van der Waals surface area contributed by atoms with Crippen molar-refractivity contribution in [2.45, 2.75) is 0 Å². The number of rotatable bonds is 4. The second kappa shape index (κ2) is 5.79. The lowest BCUT2D eigenvalue weighted by Crippen LogP contribution is -2.14. The summed E-state index contributed by atoms with van der Waals surface area (Å²) in [5.74, 6) is 1.30. The van der Waals surface area contributed by atoms with Gasteiger partial charge in [0.25, 0.3) is 0 Å². The average molecular weight is 314 g/mol. The molecule has 3 aromatic rings. The van der Waals surface area contributed by atoms with E-state index in [4.69, 9.17) is 9.84 Å². The molecule has 2 N–H and O–H groups in total. The van der Waals surface area contributed by atoms with E-state index in [1.165, 1.54) is 4.40 Å². The van der Waals surface area contributed by atoms with Gasteiger partial charge in [0.1, 0.15) is 5.75 Å². The second-order valence-electron chi connectivity index (χ2n) is 4.63. The highest BCUT2D eigenvalue weighted by Gasteiger charge is 2.17. The quantitative estimate of drug-likeness (QED) is 0.758. The zero-order valence-electron chi connectivity index (χ0n) is 12.5. The first kappa shape index (κ1) is 14.6. The van der Waals surface area contributed by atoms with Crippen LogP contribution < -0.4 is 15.0 Å². The third-order valence-corrected chi connectivity index (χ3v) is 3.29. The Balaban J connectivity index is 2.09. The van der Waals surface area contributed by atoms with Gasteiger partial charge in [-0.2, -0.15) is 0 Å². The molecule has 0 radical (unpaired) electrons. The Bertz CT molecular complexity index is 863. The van der Waals surface area contributed by atoms with Crippen LogP contribution in [0.1, 0.15) is 0 Å². The van der Waals surface area contributed by atoms with E-state index in [2.05, 4.69) is 20.5 Å². The summed E-state index contributed by atoms with van der Waals surface area (Å²) in [7, 11) is 3.41. The monoisotopic (exact) mass is 314 g/mol. The molecule has 0 bridgehead atoms. The van der Waals surface area contributed by atoms with E-state index in [9.17, 15) is 4.79 Å². The molecule has 2 heterocycles. The smallest absolute Gasteiger partial charge is 0.411 e. The SMILES string of the molecule is COc1ccccc1N(C)c1nccn2c(NC(=O)O)nnc12. The number of benzene rings is 1. The number of para-hydroxylation sites is 2. The number of aromatic nitrogens is 4. The van der Waals surface area contributed by atoms with E-state index in [1.54, 1.807) is 24.4 Å². The Kier molecular flexibility index (Phi) is 3.67. The highest BCUT2D eigenvalue weighted by atomic mass is 16.5. The molecule has 9 heteroatoms. The van der Waals surface area contributed by atoms with Crippen LogP contribution in [0.5, 0.6) is 5.75 Å². The van der Waals surface area contributed by atoms with Gasteiger partial charge >= 0.3 is 6.09 Å². The summed E-state index contributed by atoms with van der Waals surface area (Å²) in [5.41, 5.74) is 1.22. The number of anilines is 3. The second-order valence-corrected chi connectivity index (χ2v) is 4.63. The maximum absolute atomic E-state index is 10.8. The number of hydrogen-bond donors (Lipinski definition) is 2. The van der Waals surface area contributed by atoms with E-state index >= 15 is 0 Å². The summed E-state index contributed by atoms with van der Waals surface area (Å²) >= 11 is 0. The molecule has 0 saturated heterocycles. The average Bonchev–Trinajstić information content (AvgIpc) is 2.96. The minimum atomic E-state index is -1.21. The van der Waals surface area contributed by atoms with Crippen molar-refractivity contribution < 1.29 is 14.6 Å². The van der Waals surface area contributed by atoms with Gasteiger partial charge in [-0.15, -0.1) is 10.2 Å². The van der Waals surface area contributed by atoms with Gasteiger partial charge in [-0.1, -0.05) is 12.1 Å². The van der Waals surface area contributed by atoms with Gasteiger partial charge < -0.3 is 14.7 Å². The van der Waals surface area contributed by atoms with E-state index < -0.39 is 6.09 Å². The van der Waals surface area contributed by atoms with Crippen molar-refractivity contribution >= 4 is 29.2 Å². The molecule has 23 heavy (non-hydrogen) atoms. The Labute approximate surface area is 131 Å². The highest BCUT2D eigenvalue weighted by Crippen LogP contribution is 2.32. The fraction of sp³-hybridized carbons (Fsp3) is 0.143. The first-order valence-corrected chi connectivity index (χ1v) is 6.68. The predicted octanol–water partition coefficient (Wildman–Crippen LogP) is 1.99. The van der Waals surface area contributed by atoms with Gasteiger partial charge in [0, 0.05) is 19.4 Å². The number of ether oxygens (including phenoxy) is 1. The molecule has 2 aromatic heterocycles. The molecule has 0 unspecified atom stereocenters. The largest absolute Gasteiger partial charge is 0.495 e. The minimum Gasteiger partial charge on any atom is -0.495 e. The molecule has 9 nitrogen and oxygen atoms in total. The summed E-state index contributed by atoms with van der Waals surface area (Å²) in [4.78, 5) is 16.9. The Morgan fingerprint density at radius 1 is 1.35 bits per heavy atom. The number of methoxy groups -OCH3 is 1. The summed E-state index contributed by atoms with van der Waals surface area (Å²) in [6.07, 6.45) is 1.92. The molecule has 3 rings (SSSR count). The van der Waals surface area contributed by atoms with Crippen molar-refractivity contribution in [1.29, 1.82) is 0 Å². The molecule has 1 amide bonds. The van der Waals surface area contributed by atoms with Crippen molar-refractivity contribution in [2.24, 2.45) is 0 Å². The molecule has 118 valence electrons. The summed E-state index contributed by atoms with van der Waals surface area (Å²) in [5, 5.41) is 18.9. The lowest BCUT2D eigenvalue weighted by Gasteiger charge is -2.20. The topological polar surface area (TPSA) is 105 Å². The highest BCUT2D eigenvalue weighted by molar-refractivity contribution is 5.82. The number of nitrogens with one attached hydrogen (secondary N) is 1. The number of carboxylic acid groups (broad SMARTS) is 1. The molecule has 0 atom stereocenters. The minimum absolute atomic E-state index is 0.101. The molecule has 0 saturated carbocycles. The Hall–Kier alpha value is -3.36. The maximum Gasteiger partial charge on any atom is 0.411 e. The van der Waals surface area contributed by atoms with E-state index in [1.807, 2.05) is 31.3 Å². The van der Waals surface area contributed by atoms with Crippen molar-refractivity contribution in [1.82, 2.24) is 19.6 Å². The van der Waals surface area contributed by atoms with Crippen LogP contribution in [0.4, 0.5) is 22.2 Å². The number of fused-ring (bicyclic) bond motifs is 1. The third kappa shape index (κ3) is 2.59. The summed E-state index contributed by atoms with van der Waals surface area (Å²) in [6.45, 7) is 0. The van der Waals surface area contributed by atoms with Crippen LogP contribution in [0, 0.1) is 0 Å². The zero-order chi connectivity index (χ0) is 16.4. The van der Waals surface area contributed by atoms with Gasteiger partial charge in [-0.3, -0.25) is 9.72 Å². The van der Waals surface area contributed by atoms with Crippen LogP contribution >= 0.6 is 0 Å².